The molecule has 136 valence electrons. The van der Waals surface area contributed by atoms with Gasteiger partial charge < -0.3 is 14.7 Å². The van der Waals surface area contributed by atoms with Gasteiger partial charge in [0.25, 0.3) is 5.91 Å². The van der Waals surface area contributed by atoms with E-state index >= 15 is 0 Å². The Bertz CT molecular complexity index is 1030. The van der Waals surface area contributed by atoms with Crippen LogP contribution in [0.3, 0.4) is 0 Å². The number of likely N-dealkylation sites (tertiary alicyclic amines) is 1. The quantitative estimate of drug-likeness (QED) is 0.758. The number of hydrogen-bond acceptors (Lipinski definition) is 5. The van der Waals surface area contributed by atoms with Crippen LogP contribution in [0.4, 0.5) is 0 Å². The maximum Gasteiger partial charge on any atom is 0.256 e. The maximum atomic E-state index is 13.3. The topological polar surface area (TPSA) is 75.6 Å². The number of rotatable bonds is 2. The molecule has 2 aliphatic heterocycles. The van der Waals surface area contributed by atoms with Crippen molar-refractivity contribution in [3.05, 3.63) is 66.0 Å². The van der Waals surface area contributed by atoms with Crippen LogP contribution in [0, 0.1) is 5.41 Å². The molecule has 0 radical (unpaired) electrons. The van der Waals surface area contributed by atoms with Gasteiger partial charge in [0.1, 0.15) is 11.3 Å². The predicted molar refractivity (Wildman–Crippen MR) is 99.6 cm³/mol. The van der Waals surface area contributed by atoms with E-state index in [1.807, 2.05) is 41.3 Å². The zero-order chi connectivity index (χ0) is 18.4. The van der Waals surface area contributed by atoms with E-state index in [1.165, 1.54) is 0 Å². The number of fused-ring (bicyclic) bond motifs is 4. The summed E-state index contributed by atoms with van der Waals surface area (Å²) in [7, 11) is 0. The Morgan fingerprint density at radius 1 is 1.19 bits per heavy atom. The number of carbonyl (C=O) groups is 1. The molecular weight excluding hydrogens is 342 g/mol. The number of para-hydroxylation sites is 2. The van der Waals surface area contributed by atoms with Crippen molar-refractivity contribution in [2.24, 2.45) is 5.41 Å². The molecule has 2 aliphatic rings. The van der Waals surface area contributed by atoms with Crippen LogP contribution in [-0.2, 0) is 0 Å². The molecule has 1 aromatic heterocycles. The van der Waals surface area contributed by atoms with Crippen LogP contribution >= 0.6 is 0 Å². The molecule has 3 aromatic rings. The SMILES string of the molecule is O=C(c1cccc2nccnc12)N1CC2c3ccccc3OCC2(CO)C1. The van der Waals surface area contributed by atoms with Gasteiger partial charge in [-0.15, -0.1) is 0 Å². The molecule has 27 heavy (non-hydrogen) atoms. The Kier molecular flexibility index (Phi) is 3.62. The molecule has 1 amide bonds. The van der Waals surface area contributed by atoms with Crippen LogP contribution < -0.4 is 4.74 Å². The Hall–Kier alpha value is -2.99. The molecule has 1 fully saturated rings. The molecule has 3 heterocycles. The molecule has 0 aliphatic carbocycles. The van der Waals surface area contributed by atoms with Gasteiger partial charge in [-0.25, -0.2) is 0 Å². The predicted octanol–water partition coefficient (Wildman–Crippen LogP) is 2.24. The standard InChI is InChI=1S/C21H19N3O3/c25-12-21-11-24(10-16(21)14-4-1-2-7-18(14)27-13-21)20(26)15-5-3-6-17-19(15)23-9-8-22-17/h1-9,16,25H,10-13H2. The van der Waals surface area contributed by atoms with Gasteiger partial charge in [-0.3, -0.25) is 14.8 Å². The van der Waals surface area contributed by atoms with E-state index in [1.54, 1.807) is 18.5 Å². The van der Waals surface area contributed by atoms with E-state index in [2.05, 4.69) is 9.97 Å². The Morgan fingerprint density at radius 2 is 2.04 bits per heavy atom. The summed E-state index contributed by atoms with van der Waals surface area (Å²) in [6, 6.07) is 13.4. The Balaban J connectivity index is 1.53. The van der Waals surface area contributed by atoms with Crippen LogP contribution in [0.2, 0.25) is 0 Å². The van der Waals surface area contributed by atoms with Crippen molar-refractivity contribution in [2.75, 3.05) is 26.3 Å². The van der Waals surface area contributed by atoms with Crippen molar-refractivity contribution in [2.45, 2.75) is 5.92 Å². The third-order valence-corrected chi connectivity index (χ3v) is 5.79. The highest BCUT2D eigenvalue weighted by molar-refractivity contribution is 6.04. The second-order valence-electron chi connectivity index (χ2n) is 7.31. The number of benzene rings is 2. The lowest BCUT2D eigenvalue weighted by atomic mass is 9.74. The minimum absolute atomic E-state index is 0.0227. The average Bonchev–Trinajstić information content (AvgIpc) is 3.14. The number of nitrogens with zero attached hydrogens (tertiary/aromatic N) is 3. The molecule has 0 spiro atoms. The molecule has 2 unspecified atom stereocenters. The lowest BCUT2D eigenvalue weighted by molar-refractivity contribution is 0.0440. The zero-order valence-electron chi connectivity index (χ0n) is 14.7. The summed E-state index contributed by atoms with van der Waals surface area (Å²) in [5.41, 5.74) is 2.44. The molecular formula is C21H19N3O3. The van der Waals surface area contributed by atoms with Crippen LogP contribution in [0.15, 0.2) is 54.9 Å². The number of carbonyl (C=O) groups excluding carboxylic acids is 1. The first-order valence-corrected chi connectivity index (χ1v) is 9.03. The summed E-state index contributed by atoms with van der Waals surface area (Å²) < 4.78 is 5.92. The number of amides is 1. The summed E-state index contributed by atoms with van der Waals surface area (Å²) >= 11 is 0. The fourth-order valence-electron chi connectivity index (χ4n) is 4.36. The first-order valence-electron chi connectivity index (χ1n) is 9.03. The van der Waals surface area contributed by atoms with E-state index in [0.29, 0.717) is 36.3 Å². The number of aliphatic hydroxyl groups is 1. The van der Waals surface area contributed by atoms with E-state index < -0.39 is 5.41 Å². The molecule has 1 saturated heterocycles. The van der Waals surface area contributed by atoms with Gasteiger partial charge in [0.2, 0.25) is 0 Å². The lowest BCUT2D eigenvalue weighted by Gasteiger charge is -2.37. The number of ether oxygens (including phenoxy) is 1. The van der Waals surface area contributed by atoms with Crippen molar-refractivity contribution in [3.63, 3.8) is 0 Å². The highest BCUT2D eigenvalue weighted by Crippen LogP contribution is 2.49. The highest BCUT2D eigenvalue weighted by Gasteiger charge is 2.52. The van der Waals surface area contributed by atoms with Gasteiger partial charge in [-0.05, 0) is 23.8 Å². The van der Waals surface area contributed by atoms with Gasteiger partial charge in [0.05, 0.1) is 29.7 Å². The van der Waals surface area contributed by atoms with Crippen molar-refractivity contribution >= 4 is 16.9 Å². The van der Waals surface area contributed by atoms with Gasteiger partial charge in [-0.2, -0.15) is 0 Å². The molecule has 6 nitrogen and oxygen atoms in total. The molecule has 0 bridgehead atoms. The maximum absolute atomic E-state index is 13.3. The Labute approximate surface area is 156 Å². The molecule has 6 heteroatoms. The third-order valence-electron chi connectivity index (χ3n) is 5.79. The number of hydrogen-bond donors (Lipinski definition) is 1. The molecule has 2 atom stereocenters. The lowest BCUT2D eigenvalue weighted by Crippen LogP contribution is -2.42. The highest BCUT2D eigenvalue weighted by atomic mass is 16.5. The summed E-state index contributed by atoms with van der Waals surface area (Å²) in [5, 5.41) is 10.2. The second kappa shape index (κ2) is 6.03. The van der Waals surface area contributed by atoms with Gasteiger partial charge >= 0.3 is 0 Å². The second-order valence-corrected chi connectivity index (χ2v) is 7.31. The number of aliphatic hydroxyl groups excluding tert-OH is 1. The minimum atomic E-state index is -0.472. The van der Waals surface area contributed by atoms with Gasteiger partial charge in [-0.1, -0.05) is 24.3 Å². The van der Waals surface area contributed by atoms with Gasteiger partial charge in [0.15, 0.2) is 0 Å². The Morgan fingerprint density at radius 3 is 2.93 bits per heavy atom. The number of aromatic nitrogens is 2. The smallest absolute Gasteiger partial charge is 0.256 e. The van der Waals surface area contributed by atoms with Crippen LogP contribution in [0.25, 0.3) is 11.0 Å². The molecule has 1 N–H and O–H groups in total. The van der Waals surface area contributed by atoms with Crippen LogP contribution in [-0.4, -0.2) is 52.2 Å². The first-order chi connectivity index (χ1) is 13.2. The fraction of sp³-hybridized carbons (Fsp3) is 0.286. The van der Waals surface area contributed by atoms with E-state index in [0.717, 1.165) is 11.3 Å². The summed E-state index contributed by atoms with van der Waals surface area (Å²) in [4.78, 5) is 23.8. The van der Waals surface area contributed by atoms with Crippen molar-refractivity contribution in [1.82, 2.24) is 14.9 Å². The van der Waals surface area contributed by atoms with E-state index in [4.69, 9.17) is 4.74 Å². The van der Waals surface area contributed by atoms with Crippen LogP contribution in [0.1, 0.15) is 21.8 Å². The average molecular weight is 361 g/mol. The summed E-state index contributed by atoms with van der Waals surface area (Å²) in [6.45, 7) is 1.39. The largest absolute Gasteiger partial charge is 0.493 e. The van der Waals surface area contributed by atoms with Crippen LogP contribution in [0.5, 0.6) is 5.75 Å². The minimum Gasteiger partial charge on any atom is -0.493 e. The summed E-state index contributed by atoms with van der Waals surface area (Å²) in [5.74, 6) is 0.815. The molecule has 0 saturated carbocycles. The van der Waals surface area contributed by atoms with Crippen molar-refractivity contribution in [3.8, 4) is 5.75 Å². The van der Waals surface area contributed by atoms with Crippen molar-refractivity contribution in [1.29, 1.82) is 0 Å². The normalized spacial score (nSPS) is 23.6. The van der Waals surface area contributed by atoms with Gasteiger partial charge in [0, 0.05) is 31.4 Å². The van der Waals surface area contributed by atoms with E-state index in [-0.39, 0.29) is 18.4 Å². The first kappa shape index (κ1) is 16.2. The summed E-state index contributed by atoms with van der Waals surface area (Å²) in [6.07, 6.45) is 3.22. The monoisotopic (exact) mass is 361 g/mol. The van der Waals surface area contributed by atoms with E-state index in [9.17, 15) is 9.90 Å². The molecule has 5 rings (SSSR count). The molecule has 2 aromatic carbocycles. The zero-order valence-corrected chi connectivity index (χ0v) is 14.7. The van der Waals surface area contributed by atoms with Crippen molar-refractivity contribution < 1.29 is 14.6 Å². The third kappa shape index (κ3) is 2.40. The fourth-order valence-corrected chi connectivity index (χ4v) is 4.36.